The first kappa shape index (κ1) is 21.2. The Labute approximate surface area is 163 Å². The molecular formula is C21H24O7. The lowest BCUT2D eigenvalue weighted by molar-refractivity contribution is -0.150. The average molecular weight is 388 g/mol. The predicted molar refractivity (Wildman–Crippen MR) is 100 cm³/mol. The molecule has 1 heterocycles. The van der Waals surface area contributed by atoms with Crippen LogP contribution in [0.25, 0.3) is 0 Å². The molecule has 1 aliphatic heterocycles. The second kappa shape index (κ2) is 8.73. The van der Waals surface area contributed by atoms with Crippen molar-refractivity contribution in [2.45, 2.75) is 46.0 Å². The highest BCUT2D eigenvalue weighted by Gasteiger charge is 2.41. The minimum atomic E-state index is -0.898. The summed E-state index contributed by atoms with van der Waals surface area (Å²) in [6.07, 6.45) is -0.622. The molecule has 0 spiro atoms. The van der Waals surface area contributed by atoms with E-state index >= 15 is 0 Å². The van der Waals surface area contributed by atoms with Crippen LogP contribution < -0.4 is 4.74 Å². The van der Waals surface area contributed by atoms with Gasteiger partial charge in [0.2, 0.25) is 0 Å². The van der Waals surface area contributed by atoms with E-state index in [1.54, 1.807) is 45.0 Å². The molecule has 1 unspecified atom stereocenters. The quantitative estimate of drug-likeness (QED) is 0.419. The second-order valence-corrected chi connectivity index (χ2v) is 6.40. The van der Waals surface area contributed by atoms with E-state index < -0.39 is 36.2 Å². The van der Waals surface area contributed by atoms with E-state index in [0.717, 1.165) is 0 Å². The zero-order valence-electron chi connectivity index (χ0n) is 16.6. The van der Waals surface area contributed by atoms with Gasteiger partial charge in [0, 0.05) is 18.1 Å². The SMILES string of the molecule is C=C(C(=O)OC)[C@@H]1Oc2ccc(C(C)OC(=O)/C(C)=C/C)cc2[C@@H]1OC(C)=O. The molecule has 3 atom stereocenters. The summed E-state index contributed by atoms with van der Waals surface area (Å²) in [6.45, 7) is 10.1. The van der Waals surface area contributed by atoms with Gasteiger partial charge in [-0.3, -0.25) is 4.79 Å². The van der Waals surface area contributed by atoms with Gasteiger partial charge in [0.1, 0.15) is 11.9 Å². The highest BCUT2D eigenvalue weighted by molar-refractivity contribution is 5.89. The van der Waals surface area contributed by atoms with Crippen LogP contribution in [0.15, 0.2) is 42.0 Å². The van der Waals surface area contributed by atoms with Crippen molar-refractivity contribution in [3.05, 3.63) is 53.1 Å². The molecule has 0 saturated heterocycles. The van der Waals surface area contributed by atoms with Gasteiger partial charge in [0.05, 0.1) is 12.7 Å². The summed E-state index contributed by atoms with van der Waals surface area (Å²) in [5.74, 6) is -1.15. The molecule has 0 aromatic heterocycles. The summed E-state index contributed by atoms with van der Waals surface area (Å²) < 4.78 is 21.3. The molecule has 0 fully saturated rings. The van der Waals surface area contributed by atoms with Crippen molar-refractivity contribution in [3.8, 4) is 5.75 Å². The number of esters is 3. The number of fused-ring (bicyclic) bond motifs is 1. The number of hydrogen-bond donors (Lipinski definition) is 0. The molecule has 0 aliphatic carbocycles. The normalized spacial score (nSPS) is 19.1. The topological polar surface area (TPSA) is 88.1 Å². The van der Waals surface area contributed by atoms with Gasteiger partial charge < -0.3 is 18.9 Å². The van der Waals surface area contributed by atoms with E-state index in [4.69, 9.17) is 18.9 Å². The fourth-order valence-electron chi connectivity index (χ4n) is 2.76. The lowest BCUT2D eigenvalue weighted by Crippen LogP contribution is -2.28. The minimum absolute atomic E-state index is 0.0367. The maximum absolute atomic E-state index is 12.0. The standard InChI is InChI=1S/C21H24O7/c1-7-11(2)20(23)26-13(4)15-8-9-17-16(10-15)19(27-14(5)22)18(28-17)12(3)21(24)25-6/h7-10,13,18-19H,3H2,1-2,4-6H3/b11-7+/t13?,18-,19-/m0/s1. The van der Waals surface area contributed by atoms with Crippen molar-refractivity contribution in [3.63, 3.8) is 0 Å². The predicted octanol–water partition coefficient (Wildman–Crippen LogP) is 3.35. The summed E-state index contributed by atoms with van der Waals surface area (Å²) in [5.41, 5.74) is 1.80. The fraction of sp³-hybridized carbons (Fsp3) is 0.381. The number of methoxy groups -OCH3 is 1. The van der Waals surface area contributed by atoms with Crippen LogP contribution >= 0.6 is 0 Å². The molecule has 28 heavy (non-hydrogen) atoms. The Balaban J connectivity index is 2.33. The number of rotatable bonds is 6. The number of carbonyl (C=O) groups excluding carboxylic acids is 3. The van der Waals surface area contributed by atoms with Gasteiger partial charge in [-0.15, -0.1) is 0 Å². The molecular weight excluding hydrogens is 364 g/mol. The van der Waals surface area contributed by atoms with Crippen LogP contribution in [-0.4, -0.2) is 31.1 Å². The van der Waals surface area contributed by atoms with E-state index in [2.05, 4.69) is 6.58 Å². The molecule has 0 bridgehead atoms. The third kappa shape index (κ3) is 4.42. The van der Waals surface area contributed by atoms with Crippen LogP contribution in [0.1, 0.15) is 51.0 Å². The minimum Gasteiger partial charge on any atom is -0.481 e. The maximum atomic E-state index is 12.0. The summed E-state index contributed by atoms with van der Waals surface area (Å²) >= 11 is 0. The largest absolute Gasteiger partial charge is 0.481 e. The first-order chi connectivity index (χ1) is 13.2. The first-order valence-corrected chi connectivity index (χ1v) is 8.78. The zero-order valence-corrected chi connectivity index (χ0v) is 16.6. The molecule has 0 radical (unpaired) electrons. The van der Waals surface area contributed by atoms with Crippen LogP contribution in [-0.2, 0) is 28.6 Å². The van der Waals surface area contributed by atoms with Crippen LogP contribution in [0.2, 0.25) is 0 Å². The Morgan fingerprint density at radius 1 is 1.21 bits per heavy atom. The van der Waals surface area contributed by atoms with E-state index in [-0.39, 0.29) is 5.57 Å². The van der Waals surface area contributed by atoms with Crippen LogP contribution in [0.3, 0.4) is 0 Å². The smallest absolute Gasteiger partial charge is 0.337 e. The van der Waals surface area contributed by atoms with Gasteiger partial charge in [0.25, 0.3) is 0 Å². The van der Waals surface area contributed by atoms with Gasteiger partial charge in [-0.05, 0) is 38.5 Å². The van der Waals surface area contributed by atoms with E-state index in [9.17, 15) is 14.4 Å². The van der Waals surface area contributed by atoms with E-state index in [1.807, 2.05) is 0 Å². The van der Waals surface area contributed by atoms with Crippen molar-refractivity contribution in [2.24, 2.45) is 0 Å². The van der Waals surface area contributed by atoms with Crippen molar-refractivity contribution in [2.75, 3.05) is 7.11 Å². The third-order valence-electron chi connectivity index (χ3n) is 4.46. The highest BCUT2D eigenvalue weighted by Crippen LogP contribution is 2.43. The maximum Gasteiger partial charge on any atom is 0.337 e. The van der Waals surface area contributed by atoms with Crippen molar-refractivity contribution in [1.29, 1.82) is 0 Å². The Morgan fingerprint density at radius 2 is 1.89 bits per heavy atom. The number of hydrogen-bond acceptors (Lipinski definition) is 7. The van der Waals surface area contributed by atoms with Crippen molar-refractivity contribution < 1.29 is 33.3 Å². The molecule has 0 amide bonds. The lowest BCUT2D eigenvalue weighted by Gasteiger charge is -2.20. The van der Waals surface area contributed by atoms with Gasteiger partial charge in [-0.2, -0.15) is 0 Å². The van der Waals surface area contributed by atoms with Crippen LogP contribution in [0, 0.1) is 0 Å². The second-order valence-electron chi connectivity index (χ2n) is 6.40. The van der Waals surface area contributed by atoms with Crippen LogP contribution in [0.5, 0.6) is 5.75 Å². The third-order valence-corrected chi connectivity index (χ3v) is 4.46. The Morgan fingerprint density at radius 3 is 2.46 bits per heavy atom. The van der Waals surface area contributed by atoms with Crippen molar-refractivity contribution in [1.82, 2.24) is 0 Å². The molecule has 7 nitrogen and oxygen atoms in total. The molecule has 1 aliphatic rings. The molecule has 0 saturated carbocycles. The molecule has 1 aromatic rings. The van der Waals surface area contributed by atoms with E-state index in [1.165, 1.54) is 14.0 Å². The van der Waals surface area contributed by atoms with Gasteiger partial charge in [-0.25, -0.2) is 9.59 Å². The number of carbonyl (C=O) groups is 3. The zero-order chi connectivity index (χ0) is 21.0. The Kier molecular flexibility index (Phi) is 6.62. The van der Waals surface area contributed by atoms with E-state index in [0.29, 0.717) is 22.4 Å². The highest BCUT2D eigenvalue weighted by atomic mass is 16.6. The first-order valence-electron chi connectivity index (χ1n) is 8.78. The molecule has 0 N–H and O–H groups in total. The Bertz CT molecular complexity index is 837. The summed E-state index contributed by atoms with van der Waals surface area (Å²) in [7, 11) is 1.23. The summed E-state index contributed by atoms with van der Waals surface area (Å²) in [5, 5.41) is 0. The molecule has 2 rings (SSSR count). The van der Waals surface area contributed by atoms with Crippen LogP contribution in [0.4, 0.5) is 0 Å². The molecule has 150 valence electrons. The summed E-state index contributed by atoms with van der Waals surface area (Å²) in [4.78, 5) is 35.5. The summed E-state index contributed by atoms with van der Waals surface area (Å²) in [6, 6.07) is 5.16. The number of allylic oxidation sites excluding steroid dienone is 1. The lowest BCUT2D eigenvalue weighted by atomic mass is 9.98. The fourth-order valence-corrected chi connectivity index (χ4v) is 2.76. The van der Waals surface area contributed by atoms with Gasteiger partial charge in [-0.1, -0.05) is 18.7 Å². The average Bonchev–Trinajstić information content (AvgIpc) is 3.02. The monoisotopic (exact) mass is 388 g/mol. The van der Waals surface area contributed by atoms with Gasteiger partial charge in [0.15, 0.2) is 12.2 Å². The van der Waals surface area contributed by atoms with Crippen molar-refractivity contribution >= 4 is 17.9 Å². The Hall–Kier alpha value is -3.09. The van der Waals surface area contributed by atoms with Gasteiger partial charge >= 0.3 is 17.9 Å². The molecule has 1 aromatic carbocycles. The molecule has 7 heteroatoms. The number of benzene rings is 1. The number of ether oxygens (including phenoxy) is 4.